The lowest BCUT2D eigenvalue weighted by Gasteiger charge is -2.11. The van der Waals surface area contributed by atoms with Crippen LogP contribution in [0.2, 0.25) is 0 Å². The Hall–Kier alpha value is -1.45. The van der Waals surface area contributed by atoms with Gasteiger partial charge >= 0.3 is 5.97 Å². The lowest BCUT2D eigenvalue weighted by Crippen LogP contribution is -2.20. The molecule has 80 valence electrons. The number of carbonyl (C=O) groups is 1. The predicted octanol–water partition coefficient (Wildman–Crippen LogP) is 2.39. The summed E-state index contributed by atoms with van der Waals surface area (Å²) in [5.41, 5.74) is -0.884. The van der Waals surface area contributed by atoms with E-state index in [2.05, 4.69) is 0 Å². The fourth-order valence-corrected chi connectivity index (χ4v) is 1.67. The summed E-state index contributed by atoms with van der Waals surface area (Å²) in [6.07, 6.45) is 0.897. The number of halogens is 2. The molecule has 1 aliphatic rings. The Morgan fingerprint density at radius 3 is 2.13 bits per heavy atom. The van der Waals surface area contributed by atoms with Crippen molar-refractivity contribution >= 4 is 5.97 Å². The predicted molar refractivity (Wildman–Crippen MR) is 49.6 cm³/mol. The third kappa shape index (κ3) is 1.40. The zero-order chi connectivity index (χ0) is 11.2. The molecule has 2 rings (SSSR count). The first-order valence-electron chi connectivity index (χ1n) is 4.67. The van der Waals surface area contributed by atoms with Crippen molar-refractivity contribution in [2.24, 2.45) is 0 Å². The molecule has 2 nitrogen and oxygen atoms in total. The number of carboxylic acid groups (broad SMARTS) is 1. The second kappa shape index (κ2) is 3.02. The molecule has 0 atom stereocenters. The number of benzene rings is 1. The van der Waals surface area contributed by atoms with E-state index in [-0.39, 0.29) is 11.1 Å². The lowest BCUT2D eigenvalue weighted by atomic mass is 9.95. The molecule has 4 heteroatoms. The molecule has 1 fully saturated rings. The summed E-state index contributed by atoms with van der Waals surface area (Å²) in [5.74, 6) is -2.37. The lowest BCUT2D eigenvalue weighted by molar-refractivity contribution is -0.140. The summed E-state index contributed by atoms with van der Waals surface area (Å²) in [7, 11) is 0. The van der Waals surface area contributed by atoms with Gasteiger partial charge in [0.15, 0.2) is 0 Å². The fraction of sp³-hybridized carbons (Fsp3) is 0.364. The first-order chi connectivity index (χ1) is 6.97. The largest absolute Gasteiger partial charge is 0.481 e. The molecule has 0 amide bonds. The van der Waals surface area contributed by atoms with Crippen LogP contribution in [0.15, 0.2) is 12.1 Å². The van der Waals surface area contributed by atoms with Crippen LogP contribution in [-0.2, 0) is 10.2 Å². The van der Waals surface area contributed by atoms with E-state index in [1.54, 1.807) is 0 Å². The fourth-order valence-electron chi connectivity index (χ4n) is 1.67. The molecule has 0 unspecified atom stereocenters. The van der Waals surface area contributed by atoms with Gasteiger partial charge in [-0.05, 0) is 37.5 Å². The SMILES string of the molecule is Cc1c(F)cc(C2(C(=O)O)CC2)cc1F. The van der Waals surface area contributed by atoms with Gasteiger partial charge in [-0.3, -0.25) is 4.79 Å². The molecule has 0 bridgehead atoms. The van der Waals surface area contributed by atoms with Crippen LogP contribution in [0.1, 0.15) is 24.0 Å². The first kappa shape index (κ1) is 10.1. The third-order valence-electron chi connectivity index (χ3n) is 2.99. The van der Waals surface area contributed by atoms with Crippen LogP contribution in [0.5, 0.6) is 0 Å². The third-order valence-corrected chi connectivity index (χ3v) is 2.99. The van der Waals surface area contributed by atoms with E-state index in [4.69, 9.17) is 5.11 Å². The number of aliphatic carboxylic acids is 1. The van der Waals surface area contributed by atoms with E-state index < -0.39 is 23.0 Å². The van der Waals surface area contributed by atoms with Crippen molar-refractivity contribution in [2.75, 3.05) is 0 Å². The molecule has 0 aliphatic heterocycles. The number of carboxylic acids is 1. The molecule has 0 aromatic heterocycles. The summed E-state index contributed by atoms with van der Waals surface area (Å²) in [4.78, 5) is 10.9. The standard InChI is InChI=1S/C11H10F2O2/c1-6-8(12)4-7(5-9(6)13)11(2-3-11)10(14)15/h4-5H,2-3H2,1H3,(H,14,15). The van der Waals surface area contributed by atoms with Crippen LogP contribution in [0.4, 0.5) is 8.78 Å². The monoisotopic (exact) mass is 212 g/mol. The van der Waals surface area contributed by atoms with Crippen molar-refractivity contribution in [2.45, 2.75) is 25.2 Å². The molecule has 0 heterocycles. The molecule has 1 aliphatic carbocycles. The topological polar surface area (TPSA) is 37.3 Å². The van der Waals surface area contributed by atoms with Gasteiger partial charge in [0, 0.05) is 5.56 Å². The second-order valence-electron chi connectivity index (χ2n) is 3.95. The molecular weight excluding hydrogens is 202 g/mol. The van der Waals surface area contributed by atoms with Gasteiger partial charge < -0.3 is 5.11 Å². The quantitative estimate of drug-likeness (QED) is 0.817. The molecule has 1 N–H and O–H groups in total. The Bertz CT molecular complexity index is 413. The Labute approximate surface area is 85.5 Å². The van der Waals surface area contributed by atoms with Crippen LogP contribution in [0.3, 0.4) is 0 Å². The molecule has 0 radical (unpaired) electrons. The number of hydrogen-bond donors (Lipinski definition) is 1. The summed E-state index contributed by atoms with van der Waals surface area (Å²) in [6, 6.07) is 2.25. The van der Waals surface area contributed by atoms with Crippen molar-refractivity contribution in [3.8, 4) is 0 Å². The van der Waals surface area contributed by atoms with E-state index in [0.29, 0.717) is 12.8 Å². The van der Waals surface area contributed by atoms with Crippen LogP contribution < -0.4 is 0 Å². The van der Waals surface area contributed by atoms with Gasteiger partial charge in [0.05, 0.1) is 5.41 Å². The van der Waals surface area contributed by atoms with Gasteiger partial charge in [-0.25, -0.2) is 8.78 Å². The molecule has 0 saturated heterocycles. The van der Waals surface area contributed by atoms with E-state index in [1.165, 1.54) is 6.92 Å². The Morgan fingerprint density at radius 1 is 1.33 bits per heavy atom. The highest BCUT2D eigenvalue weighted by Crippen LogP contribution is 2.48. The van der Waals surface area contributed by atoms with Crippen molar-refractivity contribution in [1.82, 2.24) is 0 Å². The van der Waals surface area contributed by atoms with E-state index in [0.717, 1.165) is 12.1 Å². The summed E-state index contributed by atoms with van der Waals surface area (Å²) in [6.45, 7) is 1.33. The zero-order valence-corrected chi connectivity index (χ0v) is 8.18. The van der Waals surface area contributed by atoms with E-state index in [9.17, 15) is 13.6 Å². The van der Waals surface area contributed by atoms with E-state index in [1.807, 2.05) is 0 Å². The van der Waals surface area contributed by atoms with Crippen LogP contribution in [0.25, 0.3) is 0 Å². The Kier molecular flexibility index (Phi) is 2.03. The minimum atomic E-state index is -1.05. The highest BCUT2D eigenvalue weighted by molar-refractivity contribution is 5.84. The van der Waals surface area contributed by atoms with Crippen molar-refractivity contribution in [1.29, 1.82) is 0 Å². The highest BCUT2D eigenvalue weighted by atomic mass is 19.1. The summed E-state index contributed by atoms with van der Waals surface area (Å²) < 4.78 is 26.5. The average Bonchev–Trinajstić information content (AvgIpc) is 2.93. The molecule has 1 aromatic rings. The van der Waals surface area contributed by atoms with Gasteiger partial charge in [0.1, 0.15) is 11.6 Å². The van der Waals surface area contributed by atoms with Gasteiger partial charge in [-0.2, -0.15) is 0 Å². The first-order valence-corrected chi connectivity index (χ1v) is 4.67. The normalized spacial score (nSPS) is 17.5. The smallest absolute Gasteiger partial charge is 0.314 e. The minimum absolute atomic E-state index is 0.0695. The Balaban J connectivity index is 2.51. The van der Waals surface area contributed by atoms with Crippen LogP contribution in [-0.4, -0.2) is 11.1 Å². The van der Waals surface area contributed by atoms with Gasteiger partial charge in [0.25, 0.3) is 0 Å². The summed E-state index contributed by atoms with van der Waals surface area (Å²) >= 11 is 0. The van der Waals surface area contributed by atoms with Gasteiger partial charge in [-0.1, -0.05) is 0 Å². The molecule has 1 aromatic carbocycles. The Morgan fingerprint density at radius 2 is 1.80 bits per heavy atom. The van der Waals surface area contributed by atoms with Gasteiger partial charge in [-0.15, -0.1) is 0 Å². The number of hydrogen-bond acceptors (Lipinski definition) is 1. The van der Waals surface area contributed by atoms with Crippen molar-refractivity contribution in [3.05, 3.63) is 34.9 Å². The van der Waals surface area contributed by atoms with E-state index >= 15 is 0 Å². The molecule has 1 saturated carbocycles. The van der Waals surface area contributed by atoms with Crippen molar-refractivity contribution < 1.29 is 18.7 Å². The summed E-state index contributed by atoms with van der Waals surface area (Å²) in [5, 5.41) is 8.96. The number of rotatable bonds is 2. The second-order valence-corrected chi connectivity index (χ2v) is 3.95. The highest BCUT2D eigenvalue weighted by Gasteiger charge is 2.52. The zero-order valence-electron chi connectivity index (χ0n) is 8.18. The van der Waals surface area contributed by atoms with Crippen LogP contribution >= 0.6 is 0 Å². The van der Waals surface area contributed by atoms with Crippen molar-refractivity contribution in [3.63, 3.8) is 0 Å². The average molecular weight is 212 g/mol. The van der Waals surface area contributed by atoms with Gasteiger partial charge in [0.2, 0.25) is 0 Å². The maximum absolute atomic E-state index is 13.2. The molecular formula is C11H10F2O2. The maximum Gasteiger partial charge on any atom is 0.314 e. The maximum atomic E-state index is 13.2. The molecule has 0 spiro atoms. The minimum Gasteiger partial charge on any atom is -0.481 e. The molecule has 15 heavy (non-hydrogen) atoms. The van der Waals surface area contributed by atoms with Crippen LogP contribution in [0, 0.1) is 18.6 Å².